The molecule has 0 aromatic heterocycles. The third kappa shape index (κ3) is 4.25. The van der Waals surface area contributed by atoms with Gasteiger partial charge in [-0.1, -0.05) is 36.6 Å². The van der Waals surface area contributed by atoms with Gasteiger partial charge in [0.25, 0.3) is 0 Å². The highest BCUT2D eigenvalue weighted by atomic mass is 127. The van der Waals surface area contributed by atoms with Crippen LogP contribution in [0, 0.1) is 0 Å². The summed E-state index contributed by atoms with van der Waals surface area (Å²) in [5.74, 6) is 0.602. The van der Waals surface area contributed by atoms with Crippen molar-refractivity contribution in [3.8, 4) is 0 Å². The summed E-state index contributed by atoms with van der Waals surface area (Å²) in [6.07, 6.45) is 7.39. The smallest absolute Gasteiger partial charge is 0.188 e. The summed E-state index contributed by atoms with van der Waals surface area (Å²) in [6, 6.07) is 8.67. The minimum atomic E-state index is 0. The predicted octanol–water partition coefficient (Wildman–Crippen LogP) is 3.84. The van der Waals surface area contributed by atoms with Crippen LogP contribution in [0.25, 0.3) is 0 Å². The number of nitrogens with two attached hydrogens (primary N) is 1. The lowest BCUT2D eigenvalue weighted by Gasteiger charge is -2.16. The molecule has 2 saturated carbocycles. The highest BCUT2D eigenvalue weighted by molar-refractivity contribution is 14.0. The van der Waals surface area contributed by atoms with Crippen molar-refractivity contribution in [3.05, 3.63) is 34.9 Å². The minimum absolute atomic E-state index is 0. The fourth-order valence-electron chi connectivity index (χ4n) is 3.07. The van der Waals surface area contributed by atoms with E-state index >= 15 is 0 Å². The van der Waals surface area contributed by atoms with Crippen molar-refractivity contribution in [1.82, 2.24) is 5.32 Å². The summed E-state index contributed by atoms with van der Waals surface area (Å²) in [6.45, 7) is 0.763. The first-order chi connectivity index (χ1) is 9.68. The molecule has 0 atom stereocenters. The molecule has 0 radical (unpaired) electrons. The Hall–Kier alpha value is -0.490. The summed E-state index contributed by atoms with van der Waals surface area (Å²) in [4.78, 5) is 4.57. The molecule has 3 N–H and O–H groups in total. The fourth-order valence-corrected chi connectivity index (χ4v) is 3.26. The van der Waals surface area contributed by atoms with Gasteiger partial charge in [0.2, 0.25) is 0 Å². The average molecular weight is 420 g/mol. The second-order valence-corrected chi connectivity index (χ2v) is 6.55. The maximum Gasteiger partial charge on any atom is 0.188 e. The van der Waals surface area contributed by atoms with Gasteiger partial charge in [-0.3, -0.25) is 4.99 Å². The number of nitrogens with one attached hydrogen (secondary N) is 1. The largest absolute Gasteiger partial charge is 0.370 e. The molecule has 0 heterocycles. The first-order valence-electron chi connectivity index (χ1n) is 7.50. The number of hydrogen-bond acceptors (Lipinski definition) is 1. The molecule has 5 heteroatoms. The Morgan fingerprint density at radius 2 is 2.05 bits per heavy atom. The lowest BCUT2D eigenvalue weighted by atomic mass is 9.96. The van der Waals surface area contributed by atoms with Crippen LogP contribution < -0.4 is 11.1 Å². The monoisotopic (exact) mass is 419 g/mol. The Bertz CT molecular complexity index is 508. The summed E-state index contributed by atoms with van der Waals surface area (Å²) in [5.41, 5.74) is 7.48. The topological polar surface area (TPSA) is 50.4 Å². The van der Waals surface area contributed by atoms with E-state index in [1.807, 2.05) is 12.1 Å². The van der Waals surface area contributed by atoms with Gasteiger partial charge in [-0.05, 0) is 43.4 Å². The van der Waals surface area contributed by atoms with E-state index < -0.39 is 0 Å². The minimum Gasteiger partial charge on any atom is -0.370 e. The lowest BCUT2D eigenvalue weighted by molar-refractivity contribution is 0.620. The van der Waals surface area contributed by atoms with E-state index in [1.165, 1.54) is 44.1 Å². The maximum atomic E-state index is 6.08. The third-order valence-corrected chi connectivity index (χ3v) is 4.78. The Labute approximate surface area is 148 Å². The van der Waals surface area contributed by atoms with Crippen molar-refractivity contribution < 1.29 is 0 Å². The van der Waals surface area contributed by atoms with Crippen LogP contribution in [-0.2, 0) is 5.41 Å². The summed E-state index contributed by atoms with van der Waals surface area (Å²) >= 11 is 6.08. The van der Waals surface area contributed by atoms with Gasteiger partial charge in [-0.15, -0.1) is 24.0 Å². The molecule has 3 rings (SSSR count). The SMILES string of the molecule is I.NC(=NCC1(c2cccc(Cl)c2)CC1)NC1CCCC1. The zero-order valence-corrected chi connectivity index (χ0v) is 15.2. The Morgan fingerprint density at radius 3 is 2.67 bits per heavy atom. The lowest BCUT2D eigenvalue weighted by Crippen LogP contribution is -2.39. The number of halogens is 2. The predicted molar refractivity (Wildman–Crippen MR) is 99.7 cm³/mol. The van der Waals surface area contributed by atoms with Gasteiger partial charge in [0.1, 0.15) is 0 Å². The fraction of sp³-hybridized carbons (Fsp3) is 0.562. The van der Waals surface area contributed by atoms with Crippen LogP contribution in [0.1, 0.15) is 44.1 Å². The van der Waals surface area contributed by atoms with Crippen LogP contribution in [0.2, 0.25) is 5.02 Å². The Balaban J connectivity index is 0.00000161. The molecule has 21 heavy (non-hydrogen) atoms. The van der Waals surface area contributed by atoms with Gasteiger partial charge < -0.3 is 11.1 Å². The molecule has 0 saturated heterocycles. The van der Waals surface area contributed by atoms with E-state index in [0.29, 0.717) is 12.0 Å². The van der Waals surface area contributed by atoms with E-state index in [-0.39, 0.29) is 29.4 Å². The molecule has 0 unspecified atom stereocenters. The van der Waals surface area contributed by atoms with Crippen molar-refractivity contribution in [2.75, 3.05) is 6.54 Å². The quantitative estimate of drug-likeness (QED) is 0.443. The van der Waals surface area contributed by atoms with Crippen LogP contribution in [0.4, 0.5) is 0 Å². The molecule has 116 valence electrons. The highest BCUT2D eigenvalue weighted by Crippen LogP contribution is 2.48. The molecule has 0 aliphatic heterocycles. The molecule has 0 amide bonds. The standard InChI is InChI=1S/C16H22ClN3.HI/c17-13-5-3-4-12(10-13)16(8-9-16)11-19-15(18)20-14-6-1-2-7-14;/h3-5,10,14H,1-2,6-9,11H2,(H3,18,19,20);1H. The number of nitrogens with zero attached hydrogens (tertiary/aromatic N) is 1. The molecule has 1 aromatic rings. The second-order valence-electron chi connectivity index (χ2n) is 6.12. The zero-order chi connectivity index (χ0) is 14.0. The highest BCUT2D eigenvalue weighted by Gasteiger charge is 2.44. The van der Waals surface area contributed by atoms with Crippen molar-refractivity contribution in [1.29, 1.82) is 0 Å². The molecule has 0 spiro atoms. The van der Waals surface area contributed by atoms with E-state index in [0.717, 1.165) is 11.6 Å². The molecule has 1 aromatic carbocycles. The van der Waals surface area contributed by atoms with E-state index in [9.17, 15) is 0 Å². The van der Waals surface area contributed by atoms with Gasteiger partial charge in [0.15, 0.2) is 5.96 Å². The van der Waals surface area contributed by atoms with Gasteiger partial charge in [-0.25, -0.2) is 0 Å². The van der Waals surface area contributed by atoms with Crippen LogP contribution in [0.15, 0.2) is 29.3 Å². The van der Waals surface area contributed by atoms with Crippen LogP contribution >= 0.6 is 35.6 Å². The van der Waals surface area contributed by atoms with Crippen molar-refractivity contribution in [2.24, 2.45) is 10.7 Å². The van der Waals surface area contributed by atoms with Gasteiger partial charge >= 0.3 is 0 Å². The third-order valence-electron chi connectivity index (χ3n) is 4.55. The molecule has 0 bridgehead atoms. The van der Waals surface area contributed by atoms with Gasteiger partial charge in [-0.2, -0.15) is 0 Å². The molecule has 2 fully saturated rings. The second kappa shape index (κ2) is 7.18. The van der Waals surface area contributed by atoms with Gasteiger partial charge in [0, 0.05) is 16.5 Å². The van der Waals surface area contributed by atoms with Crippen molar-refractivity contribution >= 4 is 41.5 Å². The molecule has 2 aliphatic carbocycles. The van der Waals surface area contributed by atoms with E-state index in [1.54, 1.807) is 0 Å². The van der Waals surface area contributed by atoms with Crippen molar-refractivity contribution in [2.45, 2.75) is 50.0 Å². The molecular formula is C16H23ClIN3. The molecule has 2 aliphatic rings. The van der Waals surface area contributed by atoms with Crippen LogP contribution in [-0.4, -0.2) is 18.5 Å². The summed E-state index contributed by atoms with van der Waals surface area (Å²) < 4.78 is 0. The zero-order valence-electron chi connectivity index (χ0n) is 12.1. The number of aliphatic imine (C=N–C) groups is 1. The normalized spacial score (nSPS) is 20.9. The van der Waals surface area contributed by atoms with Gasteiger partial charge in [0.05, 0.1) is 6.54 Å². The van der Waals surface area contributed by atoms with Crippen molar-refractivity contribution in [3.63, 3.8) is 0 Å². The van der Waals surface area contributed by atoms with Crippen LogP contribution in [0.3, 0.4) is 0 Å². The Kier molecular flexibility index (Phi) is 5.77. The first kappa shape index (κ1) is 16.9. The summed E-state index contributed by atoms with van der Waals surface area (Å²) in [5, 5.41) is 4.14. The van der Waals surface area contributed by atoms with E-state index in [2.05, 4.69) is 22.4 Å². The maximum absolute atomic E-state index is 6.08. The first-order valence-corrected chi connectivity index (χ1v) is 7.88. The number of rotatable bonds is 4. The molecule has 3 nitrogen and oxygen atoms in total. The van der Waals surface area contributed by atoms with Crippen LogP contribution in [0.5, 0.6) is 0 Å². The molecular weight excluding hydrogens is 397 g/mol. The van der Waals surface area contributed by atoms with E-state index in [4.69, 9.17) is 17.3 Å². The number of benzene rings is 1. The Morgan fingerprint density at radius 1 is 1.33 bits per heavy atom. The number of guanidine groups is 1. The number of hydrogen-bond donors (Lipinski definition) is 2. The average Bonchev–Trinajstić information content (AvgIpc) is 3.07. The summed E-state index contributed by atoms with van der Waals surface area (Å²) in [7, 11) is 0.